The Morgan fingerprint density at radius 3 is 2.54 bits per heavy atom. The van der Waals surface area contributed by atoms with Crippen LogP contribution in [0.15, 0.2) is 12.7 Å². The maximum Gasteiger partial charge on any atom is 0.243 e. The highest BCUT2D eigenvalue weighted by molar-refractivity contribution is 6.63. The molecule has 0 rings (SSSR count). The van der Waals surface area contributed by atoms with Crippen molar-refractivity contribution in [2.24, 2.45) is 0 Å². The predicted octanol–water partition coefficient (Wildman–Crippen LogP) is 1.61. The Kier molecular flexibility index (Phi) is 7.30. The van der Waals surface area contributed by atoms with Crippen LogP contribution < -0.4 is 5.32 Å². The molecule has 3 nitrogen and oxygen atoms in total. The molecule has 0 aromatic rings. The van der Waals surface area contributed by atoms with Gasteiger partial charge >= 0.3 is 0 Å². The van der Waals surface area contributed by atoms with Gasteiger partial charge in [0.1, 0.15) is 0 Å². The summed E-state index contributed by atoms with van der Waals surface area (Å²) in [7, 11) is 0. The molecule has 0 aromatic carbocycles. The molecule has 0 aromatic heterocycles. The molecule has 4 heteroatoms. The van der Waals surface area contributed by atoms with Gasteiger partial charge in [-0.1, -0.05) is 13.0 Å². The van der Waals surface area contributed by atoms with Gasteiger partial charge in [-0.05, 0) is 30.5 Å². The molecular formula is C9H14ClNO2. The van der Waals surface area contributed by atoms with Crippen LogP contribution in [0.3, 0.4) is 0 Å². The van der Waals surface area contributed by atoms with E-state index in [4.69, 9.17) is 11.6 Å². The summed E-state index contributed by atoms with van der Waals surface area (Å²) in [6.07, 6.45) is 4.20. The quantitative estimate of drug-likeness (QED) is 0.388. The van der Waals surface area contributed by atoms with Crippen molar-refractivity contribution >= 4 is 22.8 Å². The number of carbonyl (C=O) groups excluding carboxylic acids is 2. The van der Waals surface area contributed by atoms with Gasteiger partial charge in [-0.2, -0.15) is 0 Å². The first-order valence-corrected chi connectivity index (χ1v) is 4.63. The standard InChI is InChI=1S/C9H14ClNO2/c1-2-9(13)11-7-5-3-4-6-8(10)12/h2H,1,3-7H2,(H,11,13). The number of halogens is 1. The van der Waals surface area contributed by atoms with Crippen LogP contribution in [0.4, 0.5) is 0 Å². The third kappa shape index (κ3) is 9.08. The van der Waals surface area contributed by atoms with E-state index in [1.807, 2.05) is 0 Å². The van der Waals surface area contributed by atoms with Gasteiger partial charge in [0.25, 0.3) is 0 Å². The van der Waals surface area contributed by atoms with E-state index >= 15 is 0 Å². The second-order valence-electron chi connectivity index (χ2n) is 2.66. The smallest absolute Gasteiger partial charge is 0.243 e. The van der Waals surface area contributed by atoms with Gasteiger partial charge in [-0.15, -0.1) is 0 Å². The van der Waals surface area contributed by atoms with Crippen LogP contribution >= 0.6 is 11.6 Å². The van der Waals surface area contributed by atoms with Crippen molar-refractivity contribution in [1.29, 1.82) is 0 Å². The van der Waals surface area contributed by atoms with E-state index in [2.05, 4.69) is 11.9 Å². The zero-order valence-corrected chi connectivity index (χ0v) is 8.27. The summed E-state index contributed by atoms with van der Waals surface area (Å²) >= 11 is 5.14. The molecule has 1 N–H and O–H groups in total. The lowest BCUT2D eigenvalue weighted by atomic mass is 10.2. The van der Waals surface area contributed by atoms with Crippen LogP contribution in [-0.2, 0) is 9.59 Å². The van der Waals surface area contributed by atoms with E-state index in [0.717, 1.165) is 19.3 Å². The molecule has 0 saturated heterocycles. The summed E-state index contributed by atoms with van der Waals surface area (Å²) in [5, 5.41) is 2.35. The summed E-state index contributed by atoms with van der Waals surface area (Å²) < 4.78 is 0. The van der Waals surface area contributed by atoms with E-state index in [1.165, 1.54) is 6.08 Å². The molecule has 0 saturated carbocycles. The zero-order chi connectivity index (χ0) is 10.1. The second-order valence-corrected chi connectivity index (χ2v) is 3.08. The lowest BCUT2D eigenvalue weighted by Crippen LogP contribution is -2.21. The van der Waals surface area contributed by atoms with Gasteiger partial charge in [0.2, 0.25) is 11.1 Å². The fourth-order valence-electron chi connectivity index (χ4n) is 0.850. The Hall–Kier alpha value is -0.830. The maximum absolute atomic E-state index is 10.6. The molecule has 0 fully saturated rings. The zero-order valence-electron chi connectivity index (χ0n) is 7.51. The highest BCUT2D eigenvalue weighted by Gasteiger charge is 1.96. The van der Waals surface area contributed by atoms with E-state index in [-0.39, 0.29) is 11.1 Å². The van der Waals surface area contributed by atoms with E-state index in [1.54, 1.807) is 0 Å². The highest BCUT2D eigenvalue weighted by atomic mass is 35.5. The first-order chi connectivity index (χ1) is 6.16. The Labute approximate surface area is 83.1 Å². The van der Waals surface area contributed by atoms with Crippen LogP contribution in [0, 0.1) is 0 Å². The van der Waals surface area contributed by atoms with Gasteiger partial charge in [0.15, 0.2) is 0 Å². The largest absolute Gasteiger partial charge is 0.353 e. The fraction of sp³-hybridized carbons (Fsp3) is 0.556. The molecule has 0 spiro atoms. The molecule has 0 aliphatic carbocycles. The molecule has 74 valence electrons. The molecule has 0 atom stereocenters. The number of carbonyl (C=O) groups is 2. The first-order valence-electron chi connectivity index (χ1n) is 4.25. The van der Waals surface area contributed by atoms with E-state index < -0.39 is 0 Å². The Morgan fingerprint density at radius 1 is 1.31 bits per heavy atom. The van der Waals surface area contributed by atoms with Crippen LogP contribution in [0.2, 0.25) is 0 Å². The number of hydrogen-bond acceptors (Lipinski definition) is 2. The average molecular weight is 204 g/mol. The van der Waals surface area contributed by atoms with Crippen molar-refractivity contribution in [2.75, 3.05) is 6.54 Å². The number of nitrogens with one attached hydrogen (secondary N) is 1. The van der Waals surface area contributed by atoms with Crippen molar-refractivity contribution in [1.82, 2.24) is 5.32 Å². The normalized spacial score (nSPS) is 9.31. The third-order valence-corrected chi connectivity index (χ3v) is 1.72. The molecular weight excluding hydrogens is 190 g/mol. The summed E-state index contributed by atoms with van der Waals surface area (Å²) in [5.74, 6) is -0.159. The molecule has 0 unspecified atom stereocenters. The summed E-state index contributed by atoms with van der Waals surface area (Å²) in [4.78, 5) is 21.0. The lowest BCUT2D eigenvalue weighted by Gasteiger charge is -2.00. The summed E-state index contributed by atoms with van der Waals surface area (Å²) in [6, 6.07) is 0. The second kappa shape index (κ2) is 7.80. The Balaban J connectivity index is 3.12. The van der Waals surface area contributed by atoms with Gasteiger partial charge < -0.3 is 5.32 Å². The Morgan fingerprint density at radius 2 is 2.00 bits per heavy atom. The number of unbranched alkanes of at least 4 members (excludes halogenated alkanes) is 2. The van der Waals surface area contributed by atoms with Crippen molar-refractivity contribution in [2.45, 2.75) is 25.7 Å². The van der Waals surface area contributed by atoms with E-state index in [9.17, 15) is 9.59 Å². The van der Waals surface area contributed by atoms with Gasteiger partial charge in [0, 0.05) is 13.0 Å². The summed E-state index contributed by atoms with van der Waals surface area (Å²) in [5.41, 5.74) is 0. The molecule has 0 heterocycles. The molecule has 0 aliphatic heterocycles. The fourth-order valence-corrected chi connectivity index (χ4v) is 0.983. The van der Waals surface area contributed by atoms with Crippen LogP contribution in [-0.4, -0.2) is 17.7 Å². The average Bonchev–Trinajstić information content (AvgIpc) is 2.10. The van der Waals surface area contributed by atoms with Gasteiger partial charge in [0.05, 0.1) is 0 Å². The van der Waals surface area contributed by atoms with Gasteiger partial charge in [-0.3, -0.25) is 9.59 Å². The molecule has 0 radical (unpaired) electrons. The minimum Gasteiger partial charge on any atom is -0.353 e. The highest BCUT2D eigenvalue weighted by Crippen LogP contribution is 2.01. The van der Waals surface area contributed by atoms with E-state index in [0.29, 0.717) is 13.0 Å². The van der Waals surface area contributed by atoms with Crippen molar-refractivity contribution in [3.05, 3.63) is 12.7 Å². The maximum atomic E-state index is 10.6. The van der Waals surface area contributed by atoms with Crippen LogP contribution in [0.1, 0.15) is 25.7 Å². The summed E-state index contributed by atoms with van der Waals surface area (Å²) in [6.45, 7) is 3.95. The van der Waals surface area contributed by atoms with Crippen molar-refractivity contribution < 1.29 is 9.59 Å². The SMILES string of the molecule is C=CC(=O)NCCCCCC(=O)Cl. The number of hydrogen-bond donors (Lipinski definition) is 1. The van der Waals surface area contributed by atoms with Crippen LogP contribution in [0.5, 0.6) is 0 Å². The molecule has 0 aliphatic rings. The Bertz CT molecular complexity index is 192. The molecule has 0 bridgehead atoms. The lowest BCUT2D eigenvalue weighted by molar-refractivity contribution is -0.116. The molecule has 1 amide bonds. The topological polar surface area (TPSA) is 46.2 Å². The van der Waals surface area contributed by atoms with Gasteiger partial charge in [-0.25, -0.2) is 0 Å². The predicted molar refractivity (Wildman–Crippen MR) is 52.5 cm³/mol. The number of rotatable bonds is 7. The first kappa shape index (κ1) is 12.2. The van der Waals surface area contributed by atoms with Crippen molar-refractivity contribution in [3.63, 3.8) is 0 Å². The minimum atomic E-state index is -0.296. The molecule has 13 heavy (non-hydrogen) atoms. The minimum absolute atomic E-state index is 0.159. The number of amides is 1. The van der Waals surface area contributed by atoms with Crippen LogP contribution in [0.25, 0.3) is 0 Å². The van der Waals surface area contributed by atoms with Crippen molar-refractivity contribution in [3.8, 4) is 0 Å². The monoisotopic (exact) mass is 203 g/mol. The third-order valence-electron chi connectivity index (χ3n) is 1.53.